The lowest BCUT2D eigenvalue weighted by Gasteiger charge is -2.31. The van der Waals surface area contributed by atoms with Crippen LogP contribution in [0.5, 0.6) is 0 Å². The van der Waals surface area contributed by atoms with Crippen LogP contribution in [-0.2, 0) is 11.2 Å². The van der Waals surface area contributed by atoms with Gasteiger partial charge in [-0.3, -0.25) is 4.79 Å². The number of imidazole rings is 1. The number of carbonyl (C=O) groups is 1. The van der Waals surface area contributed by atoms with Crippen LogP contribution in [0.3, 0.4) is 0 Å². The zero-order chi connectivity index (χ0) is 18.1. The molecule has 1 fully saturated rings. The van der Waals surface area contributed by atoms with Gasteiger partial charge >= 0.3 is 0 Å². The number of nitrogens with zero attached hydrogens (tertiary/aromatic N) is 2. The zero-order valence-corrected chi connectivity index (χ0v) is 15.8. The molecule has 26 heavy (non-hydrogen) atoms. The van der Waals surface area contributed by atoms with Crippen molar-refractivity contribution in [2.45, 2.75) is 25.2 Å². The van der Waals surface area contributed by atoms with E-state index in [2.05, 4.69) is 20.9 Å². The van der Waals surface area contributed by atoms with Gasteiger partial charge in [-0.1, -0.05) is 18.2 Å². The number of H-pyrrole nitrogens is 1. The molecule has 0 aliphatic carbocycles. The van der Waals surface area contributed by atoms with Gasteiger partial charge in [-0.05, 0) is 58.6 Å². The van der Waals surface area contributed by atoms with Crippen LogP contribution in [0.1, 0.15) is 30.1 Å². The number of piperidine rings is 1. The summed E-state index contributed by atoms with van der Waals surface area (Å²) in [6, 6.07) is 12.8. The minimum Gasteiger partial charge on any atom is -0.342 e. The molecule has 6 heteroatoms. The maximum absolute atomic E-state index is 13.3. The van der Waals surface area contributed by atoms with Gasteiger partial charge < -0.3 is 9.88 Å². The van der Waals surface area contributed by atoms with Gasteiger partial charge in [0.2, 0.25) is 5.91 Å². The van der Waals surface area contributed by atoms with E-state index in [0.29, 0.717) is 16.8 Å². The first kappa shape index (κ1) is 17.2. The molecular weight excluding hydrogens is 397 g/mol. The summed E-state index contributed by atoms with van der Waals surface area (Å²) in [6.07, 6.45) is 2.10. The molecule has 134 valence electrons. The number of hydrogen-bond donors (Lipinski definition) is 1. The first-order valence-electron chi connectivity index (χ1n) is 8.76. The second-order valence-corrected chi connectivity index (χ2v) is 7.57. The van der Waals surface area contributed by atoms with E-state index >= 15 is 0 Å². The standard InChI is InChI=1S/C20H19BrFN3O/c21-15-11-13(5-6-16(15)22)12-19(26)25-9-7-14(8-10-25)20-23-17-3-1-2-4-18(17)24-20/h1-6,11,14H,7-10,12H2,(H,23,24). The van der Waals surface area contributed by atoms with Crippen molar-refractivity contribution in [2.75, 3.05) is 13.1 Å². The van der Waals surface area contributed by atoms with E-state index in [1.165, 1.54) is 6.07 Å². The summed E-state index contributed by atoms with van der Waals surface area (Å²) in [5.41, 5.74) is 2.87. The molecule has 1 amide bonds. The van der Waals surface area contributed by atoms with E-state index in [9.17, 15) is 9.18 Å². The van der Waals surface area contributed by atoms with Crippen molar-refractivity contribution in [1.29, 1.82) is 0 Å². The second kappa shape index (κ2) is 7.19. The Balaban J connectivity index is 1.38. The largest absolute Gasteiger partial charge is 0.342 e. The average Bonchev–Trinajstić information content (AvgIpc) is 3.09. The number of halogens is 2. The molecule has 2 heterocycles. The molecule has 0 radical (unpaired) electrons. The van der Waals surface area contributed by atoms with Crippen molar-refractivity contribution < 1.29 is 9.18 Å². The van der Waals surface area contributed by atoms with E-state index in [1.807, 2.05) is 29.2 Å². The maximum Gasteiger partial charge on any atom is 0.226 e. The van der Waals surface area contributed by atoms with Gasteiger partial charge in [0, 0.05) is 19.0 Å². The van der Waals surface area contributed by atoms with Gasteiger partial charge in [-0.2, -0.15) is 0 Å². The number of rotatable bonds is 3. The van der Waals surface area contributed by atoms with Gasteiger partial charge in [0.15, 0.2) is 0 Å². The van der Waals surface area contributed by atoms with Gasteiger partial charge in [0.1, 0.15) is 11.6 Å². The van der Waals surface area contributed by atoms with Crippen LogP contribution in [0.15, 0.2) is 46.9 Å². The lowest BCUT2D eigenvalue weighted by atomic mass is 9.95. The lowest BCUT2D eigenvalue weighted by molar-refractivity contribution is -0.131. The smallest absolute Gasteiger partial charge is 0.226 e. The van der Waals surface area contributed by atoms with Crippen molar-refractivity contribution in [3.05, 3.63) is 64.1 Å². The highest BCUT2D eigenvalue weighted by molar-refractivity contribution is 9.10. The number of para-hydroxylation sites is 2. The number of aromatic amines is 1. The molecule has 4 rings (SSSR count). The fourth-order valence-electron chi connectivity index (χ4n) is 3.50. The number of nitrogens with one attached hydrogen (secondary N) is 1. The predicted molar refractivity (Wildman–Crippen MR) is 102 cm³/mol. The van der Waals surface area contributed by atoms with E-state index in [-0.39, 0.29) is 11.7 Å². The molecule has 1 aliphatic rings. The van der Waals surface area contributed by atoms with Crippen LogP contribution in [0.4, 0.5) is 4.39 Å². The molecule has 0 atom stereocenters. The summed E-state index contributed by atoms with van der Waals surface area (Å²) in [5.74, 6) is 1.14. The molecule has 3 aromatic rings. The van der Waals surface area contributed by atoms with Crippen molar-refractivity contribution in [1.82, 2.24) is 14.9 Å². The highest BCUT2D eigenvalue weighted by atomic mass is 79.9. The Bertz CT molecular complexity index is 914. The summed E-state index contributed by atoms with van der Waals surface area (Å²) in [5, 5.41) is 0. The Morgan fingerprint density at radius 3 is 2.73 bits per heavy atom. The molecule has 2 aromatic carbocycles. The van der Waals surface area contributed by atoms with Crippen LogP contribution in [-0.4, -0.2) is 33.9 Å². The summed E-state index contributed by atoms with van der Waals surface area (Å²) >= 11 is 3.17. The number of amides is 1. The molecule has 0 saturated carbocycles. The third-order valence-corrected chi connectivity index (χ3v) is 5.59. The van der Waals surface area contributed by atoms with Gasteiger partial charge in [0.05, 0.1) is 21.9 Å². The van der Waals surface area contributed by atoms with Crippen molar-refractivity contribution in [3.63, 3.8) is 0 Å². The number of fused-ring (bicyclic) bond motifs is 1. The highest BCUT2D eigenvalue weighted by Crippen LogP contribution is 2.28. The zero-order valence-electron chi connectivity index (χ0n) is 14.2. The highest BCUT2D eigenvalue weighted by Gasteiger charge is 2.25. The molecule has 0 bridgehead atoms. The number of likely N-dealkylation sites (tertiary alicyclic amines) is 1. The molecule has 0 spiro atoms. The van der Waals surface area contributed by atoms with E-state index in [1.54, 1.807) is 12.1 Å². The Labute approximate surface area is 159 Å². The van der Waals surface area contributed by atoms with Crippen LogP contribution in [0.2, 0.25) is 0 Å². The third kappa shape index (κ3) is 3.51. The Morgan fingerprint density at radius 1 is 1.23 bits per heavy atom. The SMILES string of the molecule is O=C(Cc1ccc(F)c(Br)c1)N1CCC(c2nc3ccccc3[nH]2)CC1. The molecule has 1 aliphatic heterocycles. The minimum absolute atomic E-state index is 0.0894. The number of benzene rings is 2. The third-order valence-electron chi connectivity index (χ3n) is 4.98. The molecule has 4 nitrogen and oxygen atoms in total. The first-order valence-corrected chi connectivity index (χ1v) is 9.56. The van der Waals surface area contributed by atoms with Crippen LogP contribution in [0, 0.1) is 5.82 Å². The average molecular weight is 416 g/mol. The molecule has 1 N–H and O–H groups in total. The quantitative estimate of drug-likeness (QED) is 0.688. The van der Waals surface area contributed by atoms with Crippen molar-refractivity contribution in [2.24, 2.45) is 0 Å². The maximum atomic E-state index is 13.3. The van der Waals surface area contributed by atoms with Crippen molar-refractivity contribution in [3.8, 4) is 0 Å². The van der Waals surface area contributed by atoms with E-state index in [0.717, 1.165) is 48.4 Å². The monoisotopic (exact) mass is 415 g/mol. The molecule has 1 aromatic heterocycles. The number of hydrogen-bond acceptors (Lipinski definition) is 2. The Morgan fingerprint density at radius 2 is 2.00 bits per heavy atom. The summed E-state index contributed by atoms with van der Waals surface area (Å²) in [4.78, 5) is 22.5. The fourth-order valence-corrected chi connectivity index (χ4v) is 3.93. The summed E-state index contributed by atoms with van der Waals surface area (Å²) in [7, 11) is 0. The Hall–Kier alpha value is -2.21. The van der Waals surface area contributed by atoms with Crippen LogP contribution < -0.4 is 0 Å². The van der Waals surface area contributed by atoms with E-state index < -0.39 is 0 Å². The van der Waals surface area contributed by atoms with Crippen LogP contribution >= 0.6 is 15.9 Å². The van der Waals surface area contributed by atoms with Crippen molar-refractivity contribution >= 4 is 32.9 Å². The minimum atomic E-state index is -0.312. The fraction of sp³-hybridized carbons (Fsp3) is 0.300. The second-order valence-electron chi connectivity index (χ2n) is 6.72. The normalized spacial score (nSPS) is 15.5. The summed E-state index contributed by atoms with van der Waals surface area (Å²) in [6.45, 7) is 1.45. The van der Waals surface area contributed by atoms with Gasteiger partial charge in [0.25, 0.3) is 0 Å². The van der Waals surface area contributed by atoms with E-state index in [4.69, 9.17) is 4.98 Å². The van der Waals surface area contributed by atoms with Crippen LogP contribution in [0.25, 0.3) is 11.0 Å². The Kier molecular flexibility index (Phi) is 4.76. The first-order chi connectivity index (χ1) is 12.6. The van der Waals surface area contributed by atoms with Gasteiger partial charge in [-0.25, -0.2) is 9.37 Å². The molecular formula is C20H19BrFN3O. The lowest BCUT2D eigenvalue weighted by Crippen LogP contribution is -2.39. The van der Waals surface area contributed by atoms with Gasteiger partial charge in [-0.15, -0.1) is 0 Å². The number of carbonyl (C=O) groups excluding carboxylic acids is 1. The topological polar surface area (TPSA) is 49.0 Å². The summed E-state index contributed by atoms with van der Waals surface area (Å²) < 4.78 is 13.7. The predicted octanol–water partition coefficient (Wildman–Crippen LogP) is 4.41. The molecule has 1 saturated heterocycles. The molecule has 0 unspecified atom stereocenters. The number of aromatic nitrogens is 2.